The molecule has 86 valence electrons. The van der Waals surface area contributed by atoms with Crippen molar-refractivity contribution in [3.05, 3.63) is 0 Å². The molecule has 1 aliphatic rings. The fraction of sp³-hybridized carbons (Fsp3) is 0.833. The summed E-state index contributed by atoms with van der Waals surface area (Å²) in [5.41, 5.74) is 0. The fourth-order valence-electron chi connectivity index (χ4n) is 2.32. The summed E-state index contributed by atoms with van der Waals surface area (Å²) in [5, 5.41) is 0. The summed E-state index contributed by atoms with van der Waals surface area (Å²) in [6.45, 7) is 2.13. The molecule has 3 nitrogen and oxygen atoms in total. The van der Waals surface area contributed by atoms with Gasteiger partial charge in [-0.25, -0.2) is 0 Å². The molecule has 0 aromatic heterocycles. The molecule has 2 atom stereocenters. The van der Waals surface area contributed by atoms with Crippen molar-refractivity contribution in [3.8, 4) is 0 Å². The van der Waals surface area contributed by atoms with Gasteiger partial charge >= 0.3 is 5.97 Å². The monoisotopic (exact) mass is 212 g/mol. The molecule has 0 spiro atoms. The molecule has 1 fully saturated rings. The molecule has 0 N–H and O–H groups in total. The number of hydrogen-bond donors (Lipinski definition) is 0. The Morgan fingerprint density at radius 2 is 2.20 bits per heavy atom. The quantitative estimate of drug-likeness (QED) is 0.519. The topological polar surface area (TPSA) is 43.4 Å². The minimum Gasteiger partial charge on any atom is -0.469 e. The van der Waals surface area contributed by atoms with Crippen LogP contribution in [0.5, 0.6) is 0 Å². The first-order chi connectivity index (χ1) is 7.20. The first kappa shape index (κ1) is 12.2. The number of ketones is 1. The molecule has 0 saturated heterocycles. The normalized spacial score (nSPS) is 25.6. The highest BCUT2D eigenvalue weighted by atomic mass is 16.5. The van der Waals surface area contributed by atoms with Crippen molar-refractivity contribution in [1.82, 2.24) is 0 Å². The zero-order chi connectivity index (χ0) is 11.3. The largest absolute Gasteiger partial charge is 0.469 e. The first-order valence-corrected chi connectivity index (χ1v) is 5.81. The second-order valence-corrected chi connectivity index (χ2v) is 4.24. The molecule has 0 unspecified atom stereocenters. The van der Waals surface area contributed by atoms with E-state index in [0.717, 1.165) is 25.7 Å². The van der Waals surface area contributed by atoms with Gasteiger partial charge in [0.05, 0.1) is 13.0 Å². The minimum absolute atomic E-state index is 0.0657. The van der Waals surface area contributed by atoms with Gasteiger partial charge in [0.2, 0.25) is 0 Å². The molecule has 0 amide bonds. The second-order valence-electron chi connectivity index (χ2n) is 4.24. The molecule has 1 rings (SSSR count). The maximum absolute atomic E-state index is 11.6. The minimum atomic E-state index is -0.206. The Balaban J connectivity index is 2.49. The summed E-state index contributed by atoms with van der Waals surface area (Å²) >= 11 is 0. The lowest BCUT2D eigenvalue weighted by Crippen LogP contribution is -2.23. The summed E-state index contributed by atoms with van der Waals surface area (Å²) in [5.74, 6) is -0.188. The molecule has 1 aliphatic carbocycles. The standard InChI is InChI=1S/C12H20O3/c1-3-4-5-6-9-10(12(14)15-2)7-8-11(9)13/h9-10H,3-8H2,1-2H3/t9-,10-/m1/s1. The second kappa shape index (κ2) is 5.89. The number of carbonyl (C=O) groups is 2. The number of ether oxygens (including phenoxy) is 1. The van der Waals surface area contributed by atoms with Crippen LogP contribution >= 0.6 is 0 Å². The van der Waals surface area contributed by atoms with Crippen LogP contribution in [0.25, 0.3) is 0 Å². The number of hydrogen-bond acceptors (Lipinski definition) is 3. The highest BCUT2D eigenvalue weighted by Gasteiger charge is 2.39. The van der Waals surface area contributed by atoms with Crippen molar-refractivity contribution in [2.24, 2.45) is 11.8 Å². The van der Waals surface area contributed by atoms with Gasteiger partial charge in [0.1, 0.15) is 5.78 Å². The van der Waals surface area contributed by atoms with Crippen LogP contribution in [0.1, 0.15) is 45.4 Å². The van der Waals surface area contributed by atoms with Crippen LogP contribution < -0.4 is 0 Å². The molecule has 0 aromatic carbocycles. The molecule has 3 heteroatoms. The molecule has 1 saturated carbocycles. The van der Waals surface area contributed by atoms with Gasteiger partial charge in [0.25, 0.3) is 0 Å². The van der Waals surface area contributed by atoms with Gasteiger partial charge in [-0.2, -0.15) is 0 Å². The van der Waals surface area contributed by atoms with E-state index in [1.165, 1.54) is 7.11 Å². The third-order valence-electron chi connectivity index (χ3n) is 3.22. The Morgan fingerprint density at radius 1 is 1.47 bits per heavy atom. The van der Waals surface area contributed by atoms with E-state index in [9.17, 15) is 9.59 Å². The number of esters is 1. The van der Waals surface area contributed by atoms with E-state index < -0.39 is 0 Å². The van der Waals surface area contributed by atoms with E-state index in [1.807, 2.05) is 0 Å². The molecule has 0 radical (unpaired) electrons. The summed E-state index contributed by atoms with van der Waals surface area (Å²) in [4.78, 5) is 23.0. The Morgan fingerprint density at radius 3 is 2.80 bits per heavy atom. The molecular formula is C12H20O3. The van der Waals surface area contributed by atoms with Crippen molar-refractivity contribution in [1.29, 1.82) is 0 Å². The van der Waals surface area contributed by atoms with E-state index >= 15 is 0 Å². The van der Waals surface area contributed by atoms with E-state index in [-0.39, 0.29) is 23.6 Å². The van der Waals surface area contributed by atoms with Crippen LogP contribution in [0.3, 0.4) is 0 Å². The van der Waals surface area contributed by atoms with Crippen LogP contribution in [-0.2, 0) is 14.3 Å². The zero-order valence-corrected chi connectivity index (χ0v) is 9.62. The molecule has 0 aliphatic heterocycles. The highest BCUT2D eigenvalue weighted by molar-refractivity contribution is 5.90. The maximum Gasteiger partial charge on any atom is 0.309 e. The Kier molecular flexibility index (Phi) is 4.79. The molecule has 0 heterocycles. The number of carbonyl (C=O) groups excluding carboxylic acids is 2. The van der Waals surface area contributed by atoms with E-state index in [0.29, 0.717) is 12.8 Å². The Bertz CT molecular complexity index is 235. The predicted octanol–water partition coefficient (Wildman–Crippen LogP) is 2.33. The van der Waals surface area contributed by atoms with Gasteiger partial charge in [-0.1, -0.05) is 26.2 Å². The number of unbranched alkanes of at least 4 members (excludes halogenated alkanes) is 2. The highest BCUT2D eigenvalue weighted by Crippen LogP contribution is 2.33. The lowest BCUT2D eigenvalue weighted by Gasteiger charge is -2.15. The van der Waals surface area contributed by atoms with E-state index in [1.54, 1.807) is 0 Å². The van der Waals surface area contributed by atoms with Crippen molar-refractivity contribution < 1.29 is 14.3 Å². The zero-order valence-electron chi connectivity index (χ0n) is 9.62. The Labute approximate surface area is 91.2 Å². The van der Waals surface area contributed by atoms with Crippen LogP contribution in [0, 0.1) is 11.8 Å². The van der Waals surface area contributed by atoms with E-state index in [4.69, 9.17) is 4.74 Å². The van der Waals surface area contributed by atoms with Crippen molar-refractivity contribution in [2.75, 3.05) is 7.11 Å². The summed E-state index contributed by atoms with van der Waals surface area (Å²) < 4.78 is 4.73. The molecular weight excluding hydrogens is 192 g/mol. The summed E-state index contributed by atoms with van der Waals surface area (Å²) in [7, 11) is 1.40. The average molecular weight is 212 g/mol. The van der Waals surface area contributed by atoms with Crippen molar-refractivity contribution in [2.45, 2.75) is 45.4 Å². The van der Waals surface area contributed by atoms with Gasteiger partial charge in [0, 0.05) is 12.3 Å². The lowest BCUT2D eigenvalue weighted by molar-refractivity contribution is -0.148. The van der Waals surface area contributed by atoms with Crippen LogP contribution in [0.4, 0.5) is 0 Å². The lowest BCUT2D eigenvalue weighted by atomic mass is 9.90. The number of rotatable bonds is 5. The van der Waals surface area contributed by atoms with Crippen molar-refractivity contribution in [3.63, 3.8) is 0 Å². The first-order valence-electron chi connectivity index (χ1n) is 5.81. The van der Waals surface area contributed by atoms with Gasteiger partial charge in [-0.15, -0.1) is 0 Å². The van der Waals surface area contributed by atoms with Gasteiger partial charge < -0.3 is 4.74 Å². The smallest absolute Gasteiger partial charge is 0.309 e. The molecule has 0 aromatic rings. The third-order valence-corrected chi connectivity index (χ3v) is 3.22. The number of methoxy groups -OCH3 is 1. The summed E-state index contributed by atoms with van der Waals surface area (Å²) in [6, 6.07) is 0. The maximum atomic E-state index is 11.6. The third kappa shape index (κ3) is 3.05. The molecule has 0 bridgehead atoms. The van der Waals surface area contributed by atoms with E-state index in [2.05, 4.69) is 6.92 Å². The van der Waals surface area contributed by atoms with Crippen LogP contribution in [0.15, 0.2) is 0 Å². The average Bonchev–Trinajstić information content (AvgIpc) is 2.60. The van der Waals surface area contributed by atoms with Gasteiger partial charge in [-0.3, -0.25) is 9.59 Å². The summed E-state index contributed by atoms with van der Waals surface area (Å²) in [6.07, 6.45) is 5.41. The SMILES string of the molecule is CCCCC[C@H]1C(=O)CC[C@H]1C(=O)OC. The van der Waals surface area contributed by atoms with Gasteiger partial charge in [0.15, 0.2) is 0 Å². The predicted molar refractivity (Wildman–Crippen MR) is 57.4 cm³/mol. The Hall–Kier alpha value is -0.860. The van der Waals surface area contributed by atoms with Crippen LogP contribution in [0.2, 0.25) is 0 Å². The van der Waals surface area contributed by atoms with Crippen LogP contribution in [-0.4, -0.2) is 18.9 Å². The fourth-order valence-corrected chi connectivity index (χ4v) is 2.32. The van der Waals surface area contributed by atoms with Crippen molar-refractivity contribution >= 4 is 11.8 Å². The molecule has 15 heavy (non-hydrogen) atoms. The number of Topliss-reactive ketones (excluding diaryl/α,β-unsaturated/α-hetero) is 1. The van der Waals surface area contributed by atoms with Gasteiger partial charge in [-0.05, 0) is 12.8 Å².